The average Bonchev–Trinajstić information content (AvgIpc) is 3.47. The van der Waals surface area contributed by atoms with Crippen molar-refractivity contribution in [2.75, 3.05) is 6.54 Å². The molecule has 2 aliphatic rings. The number of Topliss-reactive ketones (excluding diaryl/α,β-unsaturated/α-hetero) is 1. The average molecular weight is 443 g/mol. The number of aliphatic hydroxyl groups excluding tert-OH is 1. The van der Waals surface area contributed by atoms with Gasteiger partial charge < -0.3 is 19.2 Å². The molecule has 1 saturated heterocycles. The zero-order chi connectivity index (χ0) is 23.1. The number of aliphatic hydroxyl groups is 1. The van der Waals surface area contributed by atoms with Crippen LogP contribution in [0.2, 0.25) is 0 Å². The normalized spacial score (nSPS) is 21.3. The number of fused-ring (bicyclic) bond motifs is 1. The molecule has 1 amide bonds. The number of likely N-dealkylation sites (tertiary alicyclic amines) is 1. The molecule has 5 rings (SSSR count). The fourth-order valence-corrected chi connectivity index (χ4v) is 4.63. The number of benzene rings is 2. The molecular formula is C27H25NO5. The molecule has 6 heteroatoms. The lowest BCUT2D eigenvalue weighted by Crippen LogP contribution is -2.31. The quantitative estimate of drug-likeness (QED) is 0.355. The minimum absolute atomic E-state index is 0.0503. The van der Waals surface area contributed by atoms with Crippen LogP contribution < -0.4 is 4.74 Å². The highest BCUT2D eigenvalue weighted by atomic mass is 16.5. The summed E-state index contributed by atoms with van der Waals surface area (Å²) in [5.74, 6) is 0.369. The smallest absolute Gasteiger partial charge is 0.295 e. The van der Waals surface area contributed by atoms with E-state index < -0.39 is 17.7 Å². The molecule has 0 unspecified atom stereocenters. The topological polar surface area (TPSA) is 80.0 Å². The van der Waals surface area contributed by atoms with Gasteiger partial charge in [0.05, 0.1) is 5.57 Å². The molecule has 0 aliphatic carbocycles. The third kappa shape index (κ3) is 3.82. The van der Waals surface area contributed by atoms with Crippen molar-refractivity contribution in [2.24, 2.45) is 0 Å². The number of hydrogen-bond donors (Lipinski definition) is 1. The second kappa shape index (κ2) is 8.28. The van der Waals surface area contributed by atoms with Gasteiger partial charge in [0, 0.05) is 18.5 Å². The number of ketones is 1. The molecule has 1 N–H and O–H groups in total. The van der Waals surface area contributed by atoms with Gasteiger partial charge in [-0.1, -0.05) is 30.3 Å². The van der Waals surface area contributed by atoms with Gasteiger partial charge in [-0.25, -0.2) is 0 Å². The second-order valence-electron chi connectivity index (χ2n) is 8.63. The van der Waals surface area contributed by atoms with Crippen molar-refractivity contribution < 1.29 is 23.8 Å². The van der Waals surface area contributed by atoms with Crippen LogP contribution in [0.1, 0.15) is 41.2 Å². The first-order valence-electron chi connectivity index (χ1n) is 11.1. The Morgan fingerprint density at radius 2 is 1.88 bits per heavy atom. The van der Waals surface area contributed by atoms with Crippen molar-refractivity contribution in [3.05, 3.63) is 94.4 Å². The molecule has 168 valence electrons. The summed E-state index contributed by atoms with van der Waals surface area (Å²) in [6.45, 7) is 4.11. The predicted octanol–water partition coefficient (Wildman–Crippen LogP) is 4.58. The van der Waals surface area contributed by atoms with Crippen LogP contribution in [-0.2, 0) is 22.4 Å². The molecule has 0 radical (unpaired) electrons. The second-order valence-corrected chi connectivity index (χ2v) is 8.63. The maximum atomic E-state index is 13.1. The van der Waals surface area contributed by atoms with Crippen molar-refractivity contribution in [3.63, 3.8) is 0 Å². The Morgan fingerprint density at radius 3 is 2.61 bits per heavy atom. The van der Waals surface area contributed by atoms with E-state index in [1.165, 1.54) is 4.90 Å². The van der Waals surface area contributed by atoms with Crippen molar-refractivity contribution in [1.82, 2.24) is 4.90 Å². The number of rotatable bonds is 5. The molecular weight excluding hydrogens is 418 g/mol. The van der Waals surface area contributed by atoms with Crippen LogP contribution in [0, 0.1) is 6.92 Å². The third-order valence-electron chi connectivity index (χ3n) is 6.22. The van der Waals surface area contributed by atoms with Crippen LogP contribution in [0.15, 0.2) is 70.7 Å². The first-order chi connectivity index (χ1) is 15.9. The molecule has 2 aromatic carbocycles. The molecule has 2 aliphatic heterocycles. The Labute approximate surface area is 192 Å². The lowest BCUT2D eigenvalue weighted by atomic mass is 9.97. The van der Waals surface area contributed by atoms with Crippen molar-refractivity contribution in [2.45, 2.75) is 38.8 Å². The molecule has 33 heavy (non-hydrogen) atoms. The summed E-state index contributed by atoms with van der Waals surface area (Å²) in [5.41, 5.74) is 2.56. The Hall–Kier alpha value is -3.80. The maximum absolute atomic E-state index is 13.1. The molecule has 1 fully saturated rings. The summed E-state index contributed by atoms with van der Waals surface area (Å²) >= 11 is 0. The minimum Gasteiger partial charge on any atom is -0.507 e. The van der Waals surface area contributed by atoms with Crippen molar-refractivity contribution >= 4 is 17.4 Å². The zero-order valence-electron chi connectivity index (χ0n) is 18.6. The van der Waals surface area contributed by atoms with Gasteiger partial charge >= 0.3 is 0 Å². The van der Waals surface area contributed by atoms with E-state index >= 15 is 0 Å². The van der Waals surface area contributed by atoms with Crippen LogP contribution in [-0.4, -0.2) is 34.3 Å². The third-order valence-corrected chi connectivity index (χ3v) is 6.22. The van der Waals surface area contributed by atoms with Gasteiger partial charge in [0.15, 0.2) is 0 Å². The number of carbonyl (C=O) groups excluding carboxylic acids is 2. The minimum atomic E-state index is -0.786. The van der Waals surface area contributed by atoms with Gasteiger partial charge in [-0.15, -0.1) is 0 Å². The highest BCUT2D eigenvalue weighted by Crippen LogP contribution is 2.41. The SMILES string of the molecule is Cc1ccc([C@H]2C(=C(O)c3ccc4c(c3)C[C@@H](C)O4)C(=O)C(=O)N2CCc2ccccc2)o1. The van der Waals surface area contributed by atoms with E-state index in [1.54, 1.807) is 31.2 Å². The van der Waals surface area contributed by atoms with Crippen LogP contribution >= 0.6 is 0 Å². The van der Waals surface area contributed by atoms with Crippen LogP contribution in [0.3, 0.4) is 0 Å². The lowest BCUT2D eigenvalue weighted by Gasteiger charge is -2.23. The Balaban J connectivity index is 1.55. The highest BCUT2D eigenvalue weighted by molar-refractivity contribution is 6.46. The summed E-state index contributed by atoms with van der Waals surface area (Å²) in [7, 11) is 0. The lowest BCUT2D eigenvalue weighted by molar-refractivity contribution is -0.140. The fourth-order valence-electron chi connectivity index (χ4n) is 4.63. The first kappa shape index (κ1) is 21.1. The van der Waals surface area contributed by atoms with E-state index in [0.717, 1.165) is 23.3 Å². The summed E-state index contributed by atoms with van der Waals surface area (Å²) in [5, 5.41) is 11.2. The summed E-state index contributed by atoms with van der Waals surface area (Å²) in [6.07, 6.45) is 1.37. The summed E-state index contributed by atoms with van der Waals surface area (Å²) in [4.78, 5) is 27.7. The number of aryl methyl sites for hydroxylation is 1. The van der Waals surface area contributed by atoms with Crippen LogP contribution in [0.25, 0.3) is 5.76 Å². The van der Waals surface area contributed by atoms with E-state index in [-0.39, 0.29) is 17.4 Å². The maximum Gasteiger partial charge on any atom is 0.295 e. The molecule has 0 saturated carbocycles. The Bertz CT molecular complexity index is 1260. The number of carbonyl (C=O) groups is 2. The first-order valence-corrected chi connectivity index (χ1v) is 11.1. The van der Waals surface area contributed by atoms with Gasteiger partial charge in [0.1, 0.15) is 35.2 Å². The van der Waals surface area contributed by atoms with Crippen LogP contribution in [0.4, 0.5) is 0 Å². The summed E-state index contributed by atoms with van der Waals surface area (Å²) < 4.78 is 11.6. The number of furan rings is 1. The molecule has 3 heterocycles. The Kier molecular flexibility index (Phi) is 5.29. The largest absolute Gasteiger partial charge is 0.507 e. The number of hydrogen-bond acceptors (Lipinski definition) is 5. The van der Waals surface area contributed by atoms with Gasteiger partial charge in [-0.2, -0.15) is 0 Å². The number of nitrogens with zero attached hydrogens (tertiary/aromatic N) is 1. The Morgan fingerprint density at radius 1 is 1.09 bits per heavy atom. The van der Waals surface area contributed by atoms with Crippen molar-refractivity contribution in [3.8, 4) is 5.75 Å². The van der Waals surface area contributed by atoms with E-state index in [0.29, 0.717) is 30.0 Å². The van der Waals surface area contributed by atoms with Gasteiger partial charge in [-0.3, -0.25) is 9.59 Å². The summed E-state index contributed by atoms with van der Waals surface area (Å²) in [6, 6.07) is 17.9. The fraction of sp³-hybridized carbons (Fsp3) is 0.259. The molecule has 1 aromatic heterocycles. The van der Waals surface area contributed by atoms with Crippen LogP contribution in [0.5, 0.6) is 5.75 Å². The van der Waals surface area contributed by atoms with E-state index in [1.807, 2.05) is 43.3 Å². The monoisotopic (exact) mass is 443 g/mol. The predicted molar refractivity (Wildman–Crippen MR) is 123 cm³/mol. The number of ether oxygens (including phenoxy) is 1. The molecule has 0 bridgehead atoms. The van der Waals surface area contributed by atoms with Crippen molar-refractivity contribution in [1.29, 1.82) is 0 Å². The van der Waals surface area contributed by atoms with Gasteiger partial charge in [-0.05, 0) is 61.7 Å². The van der Waals surface area contributed by atoms with Gasteiger partial charge in [0.25, 0.3) is 11.7 Å². The van der Waals surface area contributed by atoms with E-state index in [2.05, 4.69) is 0 Å². The highest BCUT2D eigenvalue weighted by Gasteiger charge is 2.47. The molecule has 6 nitrogen and oxygen atoms in total. The molecule has 2 atom stereocenters. The van der Waals surface area contributed by atoms with E-state index in [4.69, 9.17) is 9.15 Å². The zero-order valence-corrected chi connectivity index (χ0v) is 18.6. The van der Waals surface area contributed by atoms with E-state index in [9.17, 15) is 14.7 Å². The number of amides is 1. The standard InChI is InChI=1S/C27H25NO5/c1-16-8-10-22(32-16)24-23(25(29)19-9-11-21-20(15-19)14-17(2)33-21)26(30)27(31)28(24)13-12-18-6-4-3-5-7-18/h3-11,15,17,24,29H,12-14H2,1-2H3/t17-,24+/m1/s1. The van der Waals surface area contributed by atoms with Gasteiger partial charge in [0.2, 0.25) is 0 Å². The molecule has 3 aromatic rings. The molecule has 0 spiro atoms.